The Morgan fingerprint density at radius 2 is 1.82 bits per heavy atom. The van der Waals surface area contributed by atoms with Gasteiger partial charge in [0.1, 0.15) is 12.1 Å². The maximum atomic E-state index is 13.6. The first kappa shape index (κ1) is 31.7. The summed E-state index contributed by atoms with van der Waals surface area (Å²) >= 11 is 1.62. The van der Waals surface area contributed by atoms with Gasteiger partial charge in [0, 0.05) is 25.9 Å². The summed E-state index contributed by atoms with van der Waals surface area (Å²) in [5, 5.41) is 16.3. The minimum absolute atomic E-state index is 0.0619. The molecular weight excluding hydrogens is 524 g/mol. The van der Waals surface area contributed by atoms with Crippen LogP contribution in [0, 0.1) is 18.3 Å². The smallest absolute Gasteiger partial charge is 0.246 e. The van der Waals surface area contributed by atoms with Gasteiger partial charge in [-0.05, 0) is 40.4 Å². The SMILES string of the molecule is Cc1ncsc1-c1ccc(CNC(=O)[C@@H]2C[C@@H](O)CN2C(=O)[C@@H](NC(=O)CC(C)(C)C)C(C)C)cc1C(C)(C)C. The molecule has 9 heteroatoms. The first-order valence-corrected chi connectivity index (χ1v) is 15.0. The summed E-state index contributed by atoms with van der Waals surface area (Å²) in [6.45, 7) is 18.5. The van der Waals surface area contributed by atoms with Crippen LogP contribution in [0.5, 0.6) is 0 Å². The van der Waals surface area contributed by atoms with Crippen LogP contribution in [0.3, 0.4) is 0 Å². The summed E-state index contributed by atoms with van der Waals surface area (Å²) in [5.41, 5.74) is 5.79. The number of carbonyl (C=O) groups excluding carboxylic acids is 3. The number of amides is 3. The monoisotopic (exact) mass is 570 g/mol. The highest BCUT2D eigenvalue weighted by Gasteiger charge is 2.42. The molecule has 1 aromatic heterocycles. The van der Waals surface area contributed by atoms with Crippen LogP contribution in [0.4, 0.5) is 0 Å². The summed E-state index contributed by atoms with van der Waals surface area (Å²) in [5.74, 6) is -1.03. The van der Waals surface area contributed by atoms with E-state index in [9.17, 15) is 19.5 Å². The number of thiazole rings is 1. The highest BCUT2D eigenvalue weighted by Crippen LogP contribution is 2.37. The zero-order chi connectivity index (χ0) is 30.0. The average Bonchev–Trinajstić information content (AvgIpc) is 3.44. The number of hydrogen-bond donors (Lipinski definition) is 3. The molecule has 1 saturated heterocycles. The van der Waals surface area contributed by atoms with Crippen LogP contribution in [0.2, 0.25) is 0 Å². The van der Waals surface area contributed by atoms with E-state index in [1.807, 2.05) is 53.1 Å². The van der Waals surface area contributed by atoms with Crippen molar-refractivity contribution in [3.05, 3.63) is 40.5 Å². The van der Waals surface area contributed by atoms with Gasteiger partial charge >= 0.3 is 0 Å². The lowest BCUT2D eigenvalue weighted by atomic mass is 9.82. The lowest BCUT2D eigenvalue weighted by molar-refractivity contribution is -0.142. The molecule has 220 valence electrons. The fourth-order valence-electron chi connectivity index (χ4n) is 5.09. The molecule has 1 aromatic carbocycles. The van der Waals surface area contributed by atoms with Gasteiger partial charge < -0.3 is 20.6 Å². The average molecular weight is 571 g/mol. The quantitative estimate of drug-likeness (QED) is 0.431. The van der Waals surface area contributed by atoms with E-state index in [1.54, 1.807) is 11.3 Å². The molecule has 8 nitrogen and oxygen atoms in total. The van der Waals surface area contributed by atoms with Crippen molar-refractivity contribution in [1.82, 2.24) is 20.5 Å². The third kappa shape index (κ3) is 7.91. The van der Waals surface area contributed by atoms with Crippen molar-refractivity contribution >= 4 is 29.1 Å². The fourth-order valence-corrected chi connectivity index (χ4v) is 5.94. The topological polar surface area (TPSA) is 112 Å². The molecular formula is C31H46N4O4S. The highest BCUT2D eigenvalue weighted by molar-refractivity contribution is 7.13. The highest BCUT2D eigenvalue weighted by atomic mass is 32.1. The second kappa shape index (κ2) is 12.4. The predicted molar refractivity (Wildman–Crippen MR) is 160 cm³/mol. The summed E-state index contributed by atoms with van der Waals surface area (Å²) in [6, 6.07) is 4.65. The van der Waals surface area contributed by atoms with Gasteiger partial charge in [0.05, 0.1) is 22.2 Å². The maximum absolute atomic E-state index is 13.6. The van der Waals surface area contributed by atoms with Gasteiger partial charge in [-0.25, -0.2) is 4.98 Å². The second-order valence-corrected chi connectivity index (χ2v) is 14.4. The van der Waals surface area contributed by atoms with Gasteiger partial charge in [-0.3, -0.25) is 14.4 Å². The molecule has 40 heavy (non-hydrogen) atoms. The largest absolute Gasteiger partial charge is 0.391 e. The molecule has 0 unspecified atom stereocenters. The van der Waals surface area contributed by atoms with E-state index in [0.29, 0.717) is 6.54 Å². The number of β-amino-alcohol motifs (C(OH)–C–C–N with tert-alkyl or cyclic N) is 1. The number of rotatable bonds is 8. The van der Waals surface area contributed by atoms with Crippen molar-refractivity contribution in [2.45, 2.75) is 105 Å². The van der Waals surface area contributed by atoms with Gasteiger partial charge in [0.15, 0.2) is 0 Å². The van der Waals surface area contributed by atoms with E-state index in [-0.39, 0.29) is 53.9 Å². The molecule has 2 aromatic rings. The maximum Gasteiger partial charge on any atom is 0.246 e. The van der Waals surface area contributed by atoms with Crippen LogP contribution in [0.1, 0.15) is 85.1 Å². The van der Waals surface area contributed by atoms with Crippen molar-refractivity contribution < 1.29 is 19.5 Å². The molecule has 2 heterocycles. The van der Waals surface area contributed by atoms with E-state index in [2.05, 4.69) is 48.5 Å². The Morgan fingerprint density at radius 1 is 1.15 bits per heavy atom. The van der Waals surface area contributed by atoms with Crippen LogP contribution >= 0.6 is 11.3 Å². The zero-order valence-corrected chi connectivity index (χ0v) is 26.2. The first-order valence-electron chi connectivity index (χ1n) is 14.1. The minimum Gasteiger partial charge on any atom is -0.391 e. The van der Waals surface area contributed by atoms with E-state index < -0.39 is 18.2 Å². The fraction of sp³-hybridized carbons (Fsp3) is 0.613. The summed E-state index contributed by atoms with van der Waals surface area (Å²) in [4.78, 5) is 46.5. The van der Waals surface area contributed by atoms with Crippen molar-refractivity contribution in [3.8, 4) is 10.4 Å². The summed E-state index contributed by atoms with van der Waals surface area (Å²) in [6.07, 6.45) is -0.351. The Balaban J connectivity index is 1.75. The number of aliphatic hydroxyl groups is 1. The number of aryl methyl sites for hydroxylation is 1. The minimum atomic E-state index is -0.801. The third-order valence-electron chi connectivity index (χ3n) is 7.15. The van der Waals surface area contributed by atoms with E-state index >= 15 is 0 Å². The van der Waals surface area contributed by atoms with Crippen molar-refractivity contribution in [1.29, 1.82) is 0 Å². The van der Waals surface area contributed by atoms with Gasteiger partial charge in [-0.2, -0.15) is 0 Å². The van der Waals surface area contributed by atoms with Crippen LogP contribution in [0.25, 0.3) is 10.4 Å². The van der Waals surface area contributed by atoms with Crippen molar-refractivity contribution in [2.24, 2.45) is 11.3 Å². The Labute approximate surface area is 243 Å². The molecule has 1 fully saturated rings. The molecule has 0 spiro atoms. The predicted octanol–water partition coefficient (Wildman–Crippen LogP) is 4.57. The Bertz CT molecular complexity index is 1220. The lowest BCUT2D eigenvalue weighted by Gasteiger charge is -2.31. The van der Waals surface area contributed by atoms with Crippen LogP contribution in [-0.2, 0) is 26.3 Å². The molecule has 1 aliphatic rings. The van der Waals surface area contributed by atoms with Gasteiger partial charge in [0.25, 0.3) is 0 Å². The van der Waals surface area contributed by atoms with Gasteiger partial charge in [-0.15, -0.1) is 11.3 Å². The molecule has 0 aliphatic carbocycles. The summed E-state index contributed by atoms with van der Waals surface area (Å²) in [7, 11) is 0. The zero-order valence-electron chi connectivity index (χ0n) is 25.4. The molecule has 0 bridgehead atoms. The number of aromatic nitrogens is 1. The first-order chi connectivity index (χ1) is 18.5. The molecule has 3 rings (SSSR count). The van der Waals surface area contributed by atoms with E-state index in [4.69, 9.17) is 0 Å². The number of carbonyl (C=O) groups is 3. The molecule has 3 amide bonds. The summed E-state index contributed by atoms with van der Waals surface area (Å²) < 4.78 is 0. The normalized spacial score (nSPS) is 18.6. The van der Waals surface area contributed by atoms with Crippen LogP contribution in [-0.4, -0.2) is 57.4 Å². The van der Waals surface area contributed by atoms with Gasteiger partial charge in [-0.1, -0.05) is 73.6 Å². The lowest BCUT2D eigenvalue weighted by Crippen LogP contribution is -2.55. The molecule has 0 radical (unpaired) electrons. The van der Waals surface area contributed by atoms with Crippen molar-refractivity contribution in [3.63, 3.8) is 0 Å². The number of benzene rings is 1. The van der Waals surface area contributed by atoms with E-state index in [1.165, 1.54) is 10.5 Å². The molecule has 3 N–H and O–H groups in total. The molecule has 3 atom stereocenters. The van der Waals surface area contributed by atoms with Gasteiger partial charge in [0.2, 0.25) is 17.7 Å². The van der Waals surface area contributed by atoms with Crippen LogP contribution in [0.15, 0.2) is 23.7 Å². The number of nitrogens with zero attached hydrogens (tertiary/aromatic N) is 2. The Morgan fingerprint density at radius 3 is 2.38 bits per heavy atom. The molecule has 1 aliphatic heterocycles. The second-order valence-electron chi connectivity index (χ2n) is 13.5. The number of hydrogen-bond acceptors (Lipinski definition) is 6. The Kier molecular flexibility index (Phi) is 9.83. The van der Waals surface area contributed by atoms with E-state index in [0.717, 1.165) is 21.7 Å². The number of likely N-dealkylation sites (tertiary alicyclic amines) is 1. The van der Waals surface area contributed by atoms with Crippen LogP contribution < -0.4 is 10.6 Å². The molecule has 0 saturated carbocycles. The standard InChI is InChI=1S/C31H46N4O4S/c1-18(2)26(34-25(37)14-30(4,5)6)29(39)35-16-21(36)13-24(35)28(38)32-15-20-10-11-22(23(12-20)31(7,8)9)27-19(3)33-17-40-27/h10-12,17-18,21,24,26,36H,13-16H2,1-9H3,(H,32,38)(H,34,37)/t21-,24+,26+/m1/s1. The number of nitrogens with one attached hydrogen (secondary N) is 2. The van der Waals surface area contributed by atoms with Crippen molar-refractivity contribution in [2.75, 3.05) is 6.54 Å². The number of aliphatic hydroxyl groups excluding tert-OH is 1. The Hall–Kier alpha value is -2.78. The third-order valence-corrected chi connectivity index (χ3v) is 8.12.